The first-order valence-corrected chi connectivity index (χ1v) is 6.37. The maximum Gasteiger partial charge on any atom is 0.417 e. The standard InChI is InChI=1S/C14H16F3NO3/c1-3-9(2)18(8-12(19)20)13(21)10-6-4-5-7-11(10)14(15,16)17/h4-7,9H,3,8H2,1-2H3,(H,19,20). The van der Waals surface area contributed by atoms with E-state index in [1.54, 1.807) is 13.8 Å². The molecule has 1 atom stereocenters. The van der Waals surface area contributed by atoms with E-state index in [1.165, 1.54) is 12.1 Å². The number of benzene rings is 1. The smallest absolute Gasteiger partial charge is 0.417 e. The van der Waals surface area contributed by atoms with Crippen LogP contribution in [0.4, 0.5) is 13.2 Å². The number of hydrogen-bond donors (Lipinski definition) is 1. The maximum absolute atomic E-state index is 12.9. The molecule has 0 aromatic heterocycles. The number of rotatable bonds is 5. The molecule has 0 radical (unpaired) electrons. The van der Waals surface area contributed by atoms with Crippen LogP contribution in [-0.4, -0.2) is 34.5 Å². The predicted octanol–water partition coefficient (Wildman–Crippen LogP) is 3.03. The van der Waals surface area contributed by atoms with Crippen LogP contribution in [0.25, 0.3) is 0 Å². The van der Waals surface area contributed by atoms with Crippen molar-refractivity contribution < 1.29 is 27.9 Å². The Labute approximate surface area is 120 Å². The lowest BCUT2D eigenvalue weighted by atomic mass is 10.0. The van der Waals surface area contributed by atoms with E-state index in [2.05, 4.69) is 0 Å². The van der Waals surface area contributed by atoms with Crippen molar-refractivity contribution in [1.82, 2.24) is 4.90 Å². The van der Waals surface area contributed by atoms with Gasteiger partial charge < -0.3 is 10.0 Å². The third kappa shape index (κ3) is 4.21. The number of alkyl halides is 3. The zero-order valence-electron chi connectivity index (χ0n) is 11.6. The third-order valence-corrected chi connectivity index (χ3v) is 3.15. The monoisotopic (exact) mass is 303 g/mol. The molecule has 116 valence electrons. The van der Waals surface area contributed by atoms with Gasteiger partial charge in [-0.2, -0.15) is 13.2 Å². The fourth-order valence-corrected chi connectivity index (χ4v) is 1.87. The predicted molar refractivity (Wildman–Crippen MR) is 69.9 cm³/mol. The normalized spacial score (nSPS) is 12.8. The number of carboxylic acid groups (broad SMARTS) is 1. The van der Waals surface area contributed by atoms with E-state index in [0.29, 0.717) is 6.42 Å². The summed E-state index contributed by atoms with van der Waals surface area (Å²) in [6.07, 6.45) is -4.23. The van der Waals surface area contributed by atoms with Gasteiger partial charge in [0.15, 0.2) is 0 Å². The van der Waals surface area contributed by atoms with Crippen LogP contribution in [0.2, 0.25) is 0 Å². The molecule has 1 unspecified atom stereocenters. The quantitative estimate of drug-likeness (QED) is 0.909. The molecule has 7 heteroatoms. The molecule has 21 heavy (non-hydrogen) atoms. The van der Waals surface area contributed by atoms with E-state index in [9.17, 15) is 22.8 Å². The summed E-state index contributed by atoms with van der Waals surface area (Å²) >= 11 is 0. The second kappa shape index (κ2) is 6.60. The first-order chi connectivity index (χ1) is 9.68. The zero-order chi connectivity index (χ0) is 16.2. The Hall–Kier alpha value is -2.05. The number of nitrogens with zero attached hydrogens (tertiary/aromatic N) is 1. The molecule has 0 heterocycles. The van der Waals surface area contributed by atoms with Crippen LogP contribution >= 0.6 is 0 Å². The van der Waals surface area contributed by atoms with Crippen molar-refractivity contribution in [3.63, 3.8) is 0 Å². The third-order valence-electron chi connectivity index (χ3n) is 3.15. The number of aliphatic carboxylic acids is 1. The SMILES string of the molecule is CCC(C)N(CC(=O)O)C(=O)c1ccccc1C(F)(F)F. The zero-order valence-corrected chi connectivity index (χ0v) is 11.6. The first kappa shape index (κ1) is 17.0. The van der Waals surface area contributed by atoms with E-state index in [-0.39, 0.29) is 0 Å². The van der Waals surface area contributed by atoms with Crippen LogP contribution in [0, 0.1) is 0 Å². The summed E-state index contributed by atoms with van der Waals surface area (Å²) in [6.45, 7) is 2.68. The maximum atomic E-state index is 12.9. The highest BCUT2D eigenvalue weighted by Gasteiger charge is 2.36. The van der Waals surface area contributed by atoms with Gasteiger partial charge in [0.1, 0.15) is 6.54 Å². The number of halogens is 3. The second-order valence-electron chi connectivity index (χ2n) is 4.63. The molecule has 1 aromatic carbocycles. The summed E-state index contributed by atoms with van der Waals surface area (Å²) in [5, 5.41) is 8.84. The lowest BCUT2D eigenvalue weighted by molar-refractivity contribution is -0.138. The minimum absolute atomic E-state index is 0.438. The van der Waals surface area contributed by atoms with Gasteiger partial charge in [0.25, 0.3) is 5.91 Å². The minimum atomic E-state index is -4.67. The molecule has 1 rings (SSSR count). The lowest BCUT2D eigenvalue weighted by Crippen LogP contribution is -2.42. The second-order valence-corrected chi connectivity index (χ2v) is 4.63. The highest BCUT2D eigenvalue weighted by atomic mass is 19.4. The molecule has 1 N–H and O–H groups in total. The summed E-state index contributed by atoms with van der Waals surface area (Å²) in [7, 11) is 0. The molecule has 0 saturated carbocycles. The van der Waals surface area contributed by atoms with Gasteiger partial charge >= 0.3 is 12.1 Å². The van der Waals surface area contributed by atoms with Crippen molar-refractivity contribution in [3.8, 4) is 0 Å². The highest BCUT2D eigenvalue weighted by molar-refractivity contribution is 5.97. The molecule has 0 aliphatic rings. The van der Waals surface area contributed by atoms with Crippen LogP contribution in [-0.2, 0) is 11.0 Å². The topological polar surface area (TPSA) is 57.6 Å². The molecule has 0 fully saturated rings. The number of hydrogen-bond acceptors (Lipinski definition) is 2. The van der Waals surface area contributed by atoms with Gasteiger partial charge in [-0.05, 0) is 25.5 Å². The average Bonchev–Trinajstić information content (AvgIpc) is 2.42. The lowest BCUT2D eigenvalue weighted by Gasteiger charge is -2.28. The van der Waals surface area contributed by atoms with Crippen LogP contribution in [0.1, 0.15) is 36.2 Å². The average molecular weight is 303 g/mol. The van der Waals surface area contributed by atoms with Gasteiger partial charge in [-0.15, -0.1) is 0 Å². The molecule has 0 aliphatic heterocycles. The van der Waals surface area contributed by atoms with Gasteiger partial charge in [-0.1, -0.05) is 19.1 Å². The van der Waals surface area contributed by atoms with Crippen LogP contribution < -0.4 is 0 Å². The largest absolute Gasteiger partial charge is 0.480 e. The molecular weight excluding hydrogens is 287 g/mol. The van der Waals surface area contributed by atoms with E-state index in [4.69, 9.17) is 5.11 Å². The number of carboxylic acids is 1. The van der Waals surface area contributed by atoms with Crippen molar-refractivity contribution in [1.29, 1.82) is 0 Å². The summed E-state index contributed by atoms with van der Waals surface area (Å²) in [4.78, 5) is 24.1. The van der Waals surface area contributed by atoms with Crippen LogP contribution in [0.15, 0.2) is 24.3 Å². The molecular formula is C14H16F3NO3. The molecule has 0 aliphatic carbocycles. The van der Waals surface area contributed by atoms with Gasteiger partial charge in [0, 0.05) is 6.04 Å². The van der Waals surface area contributed by atoms with Gasteiger partial charge in [-0.3, -0.25) is 9.59 Å². The van der Waals surface area contributed by atoms with Gasteiger partial charge in [0.2, 0.25) is 0 Å². The Morgan fingerprint density at radius 1 is 1.29 bits per heavy atom. The molecule has 0 spiro atoms. The molecule has 1 amide bonds. The number of amides is 1. The van der Waals surface area contributed by atoms with Crippen molar-refractivity contribution >= 4 is 11.9 Å². The number of carbonyl (C=O) groups excluding carboxylic acids is 1. The van der Waals surface area contributed by atoms with Crippen molar-refractivity contribution in [2.24, 2.45) is 0 Å². The van der Waals surface area contributed by atoms with Crippen molar-refractivity contribution in [3.05, 3.63) is 35.4 Å². The van der Waals surface area contributed by atoms with E-state index in [1.807, 2.05) is 0 Å². The molecule has 0 bridgehead atoms. The summed E-state index contributed by atoms with van der Waals surface area (Å²) in [5.41, 5.74) is -1.60. The highest BCUT2D eigenvalue weighted by Crippen LogP contribution is 2.32. The Balaban J connectivity index is 3.24. The summed E-state index contributed by atoms with van der Waals surface area (Å²) in [5.74, 6) is -2.20. The van der Waals surface area contributed by atoms with E-state index >= 15 is 0 Å². The van der Waals surface area contributed by atoms with Gasteiger partial charge in [0.05, 0.1) is 11.1 Å². The van der Waals surface area contributed by atoms with E-state index < -0.39 is 41.8 Å². The summed E-state index contributed by atoms with van der Waals surface area (Å²) < 4.78 is 38.8. The Morgan fingerprint density at radius 3 is 2.33 bits per heavy atom. The van der Waals surface area contributed by atoms with Crippen molar-refractivity contribution in [2.75, 3.05) is 6.54 Å². The molecule has 4 nitrogen and oxygen atoms in total. The fraction of sp³-hybridized carbons (Fsp3) is 0.429. The van der Waals surface area contributed by atoms with E-state index in [0.717, 1.165) is 17.0 Å². The van der Waals surface area contributed by atoms with Crippen LogP contribution in [0.5, 0.6) is 0 Å². The minimum Gasteiger partial charge on any atom is -0.480 e. The van der Waals surface area contributed by atoms with Crippen molar-refractivity contribution in [2.45, 2.75) is 32.5 Å². The number of carbonyl (C=O) groups is 2. The summed E-state index contributed by atoms with van der Waals surface area (Å²) in [6, 6.07) is 3.89. The molecule has 0 saturated heterocycles. The Kier molecular flexibility index (Phi) is 5.34. The Bertz CT molecular complexity index is 528. The van der Waals surface area contributed by atoms with Crippen LogP contribution in [0.3, 0.4) is 0 Å². The Morgan fingerprint density at radius 2 is 1.86 bits per heavy atom. The first-order valence-electron chi connectivity index (χ1n) is 6.37. The molecule has 1 aromatic rings. The van der Waals surface area contributed by atoms with Gasteiger partial charge in [-0.25, -0.2) is 0 Å². The fourth-order valence-electron chi connectivity index (χ4n) is 1.87.